The van der Waals surface area contributed by atoms with Crippen LogP contribution in [0.15, 0.2) is 24.3 Å². The highest BCUT2D eigenvalue weighted by Gasteiger charge is 2.11. The van der Waals surface area contributed by atoms with Crippen molar-refractivity contribution in [2.45, 2.75) is 13.0 Å². The van der Waals surface area contributed by atoms with Gasteiger partial charge in [0.1, 0.15) is 6.54 Å². The molecule has 0 aromatic heterocycles. The molecule has 0 spiro atoms. The van der Waals surface area contributed by atoms with Gasteiger partial charge in [-0.2, -0.15) is 0 Å². The van der Waals surface area contributed by atoms with Crippen LogP contribution in [0.2, 0.25) is 0 Å². The van der Waals surface area contributed by atoms with Crippen molar-refractivity contribution < 1.29 is 9.59 Å². The third kappa shape index (κ3) is 4.06. The Kier molecular flexibility index (Phi) is 4.67. The van der Waals surface area contributed by atoms with Gasteiger partial charge in [0.25, 0.3) is 0 Å². The number of nitrogens with two attached hydrogens (primary N) is 2. The van der Waals surface area contributed by atoms with E-state index in [9.17, 15) is 9.59 Å². The fraction of sp³-hybridized carbons (Fsp3) is 0.333. The summed E-state index contributed by atoms with van der Waals surface area (Å²) in [6.07, 6.45) is 0. The van der Waals surface area contributed by atoms with E-state index in [1.165, 1.54) is 11.9 Å². The first-order chi connectivity index (χ1) is 8.40. The molecule has 98 valence electrons. The first-order valence-corrected chi connectivity index (χ1v) is 5.56. The SMILES string of the molecule is CC(N)c1cccc(NC(=O)N(C)CC(N)=O)c1. The van der Waals surface area contributed by atoms with Crippen molar-refractivity contribution in [1.82, 2.24) is 4.90 Å². The fourth-order valence-electron chi connectivity index (χ4n) is 1.42. The van der Waals surface area contributed by atoms with E-state index in [1.807, 2.05) is 19.1 Å². The Morgan fingerprint density at radius 2 is 2.11 bits per heavy atom. The van der Waals surface area contributed by atoms with E-state index in [1.54, 1.807) is 12.1 Å². The number of carbonyl (C=O) groups is 2. The summed E-state index contributed by atoms with van der Waals surface area (Å²) in [6, 6.07) is 6.74. The number of amides is 3. The number of hydrogen-bond acceptors (Lipinski definition) is 3. The first-order valence-electron chi connectivity index (χ1n) is 5.56. The maximum atomic E-state index is 11.7. The van der Waals surface area contributed by atoms with Gasteiger partial charge in [-0.05, 0) is 24.6 Å². The summed E-state index contributed by atoms with van der Waals surface area (Å²) in [7, 11) is 1.50. The molecule has 1 aromatic rings. The Labute approximate surface area is 106 Å². The highest BCUT2D eigenvalue weighted by molar-refractivity contribution is 5.91. The van der Waals surface area contributed by atoms with E-state index in [0.717, 1.165) is 5.56 Å². The van der Waals surface area contributed by atoms with Crippen molar-refractivity contribution in [1.29, 1.82) is 0 Å². The van der Waals surface area contributed by atoms with E-state index in [0.29, 0.717) is 5.69 Å². The molecule has 0 bridgehead atoms. The molecule has 18 heavy (non-hydrogen) atoms. The van der Waals surface area contributed by atoms with Crippen LogP contribution in [0.1, 0.15) is 18.5 Å². The molecule has 6 heteroatoms. The van der Waals surface area contributed by atoms with Crippen LogP contribution in [0.5, 0.6) is 0 Å². The molecule has 0 aliphatic carbocycles. The summed E-state index contributed by atoms with van der Waals surface area (Å²) in [6.45, 7) is 1.74. The van der Waals surface area contributed by atoms with Crippen LogP contribution < -0.4 is 16.8 Å². The highest BCUT2D eigenvalue weighted by atomic mass is 16.2. The van der Waals surface area contributed by atoms with E-state index in [4.69, 9.17) is 11.5 Å². The van der Waals surface area contributed by atoms with Crippen LogP contribution in [-0.2, 0) is 4.79 Å². The van der Waals surface area contributed by atoms with Crippen molar-refractivity contribution in [2.75, 3.05) is 18.9 Å². The van der Waals surface area contributed by atoms with Crippen molar-refractivity contribution in [3.8, 4) is 0 Å². The average molecular weight is 250 g/mol. The molecular formula is C12H18N4O2. The predicted octanol–water partition coefficient (Wildman–Crippen LogP) is 0.655. The lowest BCUT2D eigenvalue weighted by Gasteiger charge is -2.16. The van der Waals surface area contributed by atoms with Crippen LogP contribution in [0.3, 0.4) is 0 Å². The van der Waals surface area contributed by atoms with Gasteiger partial charge in [0, 0.05) is 18.8 Å². The minimum Gasteiger partial charge on any atom is -0.368 e. The van der Waals surface area contributed by atoms with Gasteiger partial charge in [0.2, 0.25) is 5.91 Å². The third-order valence-corrected chi connectivity index (χ3v) is 2.40. The second-order valence-electron chi connectivity index (χ2n) is 4.17. The zero-order chi connectivity index (χ0) is 13.7. The van der Waals surface area contributed by atoms with E-state index >= 15 is 0 Å². The fourth-order valence-corrected chi connectivity index (χ4v) is 1.42. The number of primary amides is 1. The van der Waals surface area contributed by atoms with Gasteiger partial charge in [-0.3, -0.25) is 4.79 Å². The van der Waals surface area contributed by atoms with Crippen molar-refractivity contribution in [2.24, 2.45) is 11.5 Å². The number of rotatable bonds is 4. The number of benzene rings is 1. The van der Waals surface area contributed by atoms with Crippen molar-refractivity contribution in [3.63, 3.8) is 0 Å². The first kappa shape index (κ1) is 14.0. The summed E-state index contributed by atoms with van der Waals surface area (Å²) in [5, 5.41) is 2.67. The smallest absolute Gasteiger partial charge is 0.322 e. The monoisotopic (exact) mass is 250 g/mol. The zero-order valence-electron chi connectivity index (χ0n) is 10.5. The lowest BCUT2D eigenvalue weighted by molar-refractivity contribution is -0.118. The summed E-state index contributed by atoms with van der Waals surface area (Å²) in [5.41, 5.74) is 12.3. The van der Waals surface area contributed by atoms with Gasteiger partial charge in [0.05, 0.1) is 0 Å². The number of anilines is 1. The lowest BCUT2D eigenvalue weighted by Crippen LogP contribution is -2.38. The summed E-state index contributed by atoms with van der Waals surface area (Å²) >= 11 is 0. The second kappa shape index (κ2) is 6.02. The second-order valence-corrected chi connectivity index (χ2v) is 4.17. The Hall–Kier alpha value is -2.08. The summed E-state index contributed by atoms with van der Waals surface area (Å²) in [4.78, 5) is 23.6. The normalized spacial score (nSPS) is 11.7. The minimum absolute atomic E-state index is 0.106. The number of urea groups is 1. The Morgan fingerprint density at radius 3 is 2.67 bits per heavy atom. The van der Waals surface area contributed by atoms with Gasteiger partial charge in [0.15, 0.2) is 0 Å². The minimum atomic E-state index is -0.558. The molecule has 0 aliphatic rings. The molecule has 5 N–H and O–H groups in total. The van der Waals surface area contributed by atoms with Crippen LogP contribution >= 0.6 is 0 Å². The molecule has 0 fully saturated rings. The van der Waals surface area contributed by atoms with Crippen molar-refractivity contribution in [3.05, 3.63) is 29.8 Å². The standard InChI is InChI=1S/C12H18N4O2/c1-8(13)9-4-3-5-10(6-9)15-12(18)16(2)7-11(14)17/h3-6,8H,7,13H2,1-2H3,(H2,14,17)(H,15,18). The Balaban J connectivity index is 2.69. The van der Waals surface area contributed by atoms with Gasteiger partial charge in [-0.25, -0.2) is 4.79 Å². The molecule has 3 amide bonds. The van der Waals surface area contributed by atoms with E-state index in [2.05, 4.69) is 5.32 Å². The van der Waals surface area contributed by atoms with Gasteiger partial charge >= 0.3 is 6.03 Å². The molecule has 0 heterocycles. The lowest BCUT2D eigenvalue weighted by atomic mass is 10.1. The number of nitrogens with one attached hydrogen (secondary N) is 1. The van der Waals surface area contributed by atoms with E-state index < -0.39 is 11.9 Å². The molecule has 1 unspecified atom stereocenters. The molecule has 1 atom stereocenters. The van der Waals surface area contributed by atoms with Gasteiger partial charge < -0.3 is 21.7 Å². The molecule has 1 rings (SSSR count). The van der Waals surface area contributed by atoms with Crippen LogP contribution in [0.25, 0.3) is 0 Å². The number of likely N-dealkylation sites (N-methyl/N-ethyl adjacent to an activating group) is 1. The molecule has 0 aliphatic heterocycles. The quantitative estimate of drug-likeness (QED) is 0.731. The molecule has 0 radical (unpaired) electrons. The topological polar surface area (TPSA) is 101 Å². The predicted molar refractivity (Wildman–Crippen MR) is 69.9 cm³/mol. The largest absolute Gasteiger partial charge is 0.368 e. The zero-order valence-corrected chi connectivity index (χ0v) is 10.5. The third-order valence-electron chi connectivity index (χ3n) is 2.40. The maximum Gasteiger partial charge on any atom is 0.322 e. The molecular weight excluding hydrogens is 232 g/mol. The van der Waals surface area contributed by atoms with Crippen LogP contribution in [0, 0.1) is 0 Å². The van der Waals surface area contributed by atoms with Crippen LogP contribution in [-0.4, -0.2) is 30.4 Å². The molecule has 0 saturated carbocycles. The maximum absolute atomic E-state index is 11.7. The number of carbonyl (C=O) groups excluding carboxylic acids is 2. The Bertz CT molecular complexity index is 445. The highest BCUT2D eigenvalue weighted by Crippen LogP contribution is 2.15. The number of hydrogen-bond donors (Lipinski definition) is 3. The number of nitrogens with zero attached hydrogens (tertiary/aromatic N) is 1. The molecule has 0 saturated heterocycles. The molecule has 6 nitrogen and oxygen atoms in total. The van der Waals surface area contributed by atoms with E-state index in [-0.39, 0.29) is 12.6 Å². The van der Waals surface area contributed by atoms with Crippen LogP contribution in [0.4, 0.5) is 10.5 Å². The van der Waals surface area contributed by atoms with Gasteiger partial charge in [-0.1, -0.05) is 12.1 Å². The van der Waals surface area contributed by atoms with Crippen molar-refractivity contribution >= 4 is 17.6 Å². The van der Waals surface area contributed by atoms with Gasteiger partial charge in [-0.15, -0.1) is 0 Å². The summed E-state index contributed by atoms with van der Waals surface area (Å²) in [5.74, 6) is -0.558. The average Bonchev–Trinajstić information content (AvgIpc) is 2.28. The summed E-state index contributed by atoms with van der Waals surface area (Å²) < 4.78 is 0. The molecule has 1 aromatic carbocycles. The Morgan fingerprint density at radius 1 is 1.44 bits per heavy atom.